The molecule has 2 heterocycles. The molecule has 1 aliphatic heterocycles. The Kier molecular flexibility index (Phi) is 3.02. The number of rotatable bonds is 2. The predicted molar refractivity (Wildman–Crippen MR) is 84.1 cm³/mol. The lowest BCUT2D eigenvalue weighted by atomic mass is 9.93. The van der Waals surface area contributed by atoms with Crippen molar-refractivity contribution in [2.24, 2.45) is 11.8 Å². The largest absolute Gasteiger partial charge is 0.358 e. The number of hydrogen-bond acceptors (Lipinski definition) is 1. The first-order chi connectivity index (χ1) is 10.2. The van der Waals surface area contributed by atoms with E-state index < -0.39 is 0 Å². The number of piperidine rings is 1. The van der Waals surface area contributed by atoms with Crippen LogP contribution in [0.4, 0.5) is 0 Å². The molecule has 0 spiro atoms. The molecule has 3 nitrogen and oxygen atoms in total. The monoisotopic (exact) mass is 282 g/mol. The van der Waals surface area contributed by atoms with E-state index in [9.17, 15) is 4.79 Å². The predicted octanol–water partition coefficient (Wildman–Crippen LogP) is 3.53. The van der Waals surface area contributed by atoms with Crippen LogP contribution in [0.1, 0.15) is 37.8 Å². The number of nitrogens with one attached hydrogen (secondary N) is 1. The molecular formula is C18H22N2O. The molecule has 1 amide bonds. The average molecular weight is 282 g/mol. The third kappa shape index (κ3) is 2.35. The highest BCUT2D eigenvalue weighted by atomic mass is 16.2. The zero-order valence-corrected chi connectivity index (χ0v) is 12.5. The number of aromatic amines is 1. The van der Waals surface area contributed by atoms with Crippen molar-refractivity contribution in [3.8, 4) is 0 Å². The van der Waals surface area contributed by atoms with Crippen LogP contribution in [0.5, 0.6) is 0 Å². The summed E-state index contributed by atoms with van der Waals surface area (Å²) in [7, 11) is 0. The third-order valence-electron chi connectivity index (χ3n) is 5.22. The van der Waals surface area contributed by atoms with Gasteiger partial charge in [0.2, 0.25) is 5.91 Å². The number of aromatic nitrogens is 1. The molecule has 0 unspecified atom stereocenters. The number of amides is 1. The van der Waals surface area contributed by atoms with Crippen molar-refractivity contribution in [3.63, 3.8) is 0 Å². The number of fused-ring (bicyclic) bond motifs is 1. The molecule has 2 aromatic rings. The summed E-state index contributed by atoms with van der Waals surface area (Å²) in [5, 5.41) is 1.29. The highest BCUT2D eigenvalue weighted by Crippen LogP contribution is 2.40. The molecule has 2 aliphatic rings. The van der Waals surface area contributed by atoms with Gasteiger partial charge in [0, 0.05) is 36.1 Å². The number of carbonyl (C=O) groups is 1. The molecule has 1 saturated heterocycles. The molecule has 1 aromatic heterocycles. The first-order valence-electron chi connectivity index (χ1n) is 8.09. The Bertz CT molecular complexity index is 634. The highest BCUT2D eigenvalue weighted by molar-refractivity contribution is 5.82. The summed E-state index contributed by atoms with van der Waals surface area (Å²) in [5.41, 5.74) is 2.56. The van der Waals surface area contributed by atoms with Crippen molar-refractivity contribution in [2.45, 2.75) is 32.1 Å². The lowest BCUT2D eigenvalue weighted by Gasteiger charge is -2.32. The Morgan fingerprint density at radius 3 is 2.62 bits per heavy atom. The zero-order valence-electron chi connectivity index (χ0n) is 12.5. The van der Waals surface area contributed by atoms with Crippen molar-refractivity contribution >= 4 is 16.8 Å². The minimum Gasteiger partial charge on any atom is -0.358 e. The fourth-order valence-corrected chi connectivity index (χ4v) is 3.63. The molecule has 4 rings (SSSR count). The number of nitrogens with zero attached hydrogens (tertiary/aromatic N) is 1. The number of hydrogen-bond donors (Lipinski definition) is 1. The van der Waals surface area contributed by atoms with Crippen LogP contribution in [0.15, 0.2) is 30.3 Å². The second-order valence-corrected chi connectivity index (χ2v) is 6.73. The van der Waals surface area contributed by atoms with Gasteiger partial charge in [-0.15, -0.1) is 0 Å². The SMILES string of the molecule is C[C@@H]1C[C@H]1C(=O)N1CCC(c2cc3ccccc3[nH]2)CC1. The van der Waals surface area contributed by atoms with E-state index in [0.717, 1.165) is 32.4 Å². The molecule has 1 aliphatic carbocycles. The standard InChI is InChI=1S/C18H22N2O/c1-12-10-15(12)18(21)20-8-6-13(7-9-20)17-11-14-4-2-3-5-16(14)19-17/h2-5,11-13,15,19H,6-10H2,1H3/t12-,15-/m1/s1. The van der Waals surface area contributed by atoms with E-state index in [2.05, 4.69) is 47.1 Å². The van der Waals surface area contributed by atoms with Crippen molar-refractivity contribution in [1.29, 1.82) is 0 Å². The van der Waals surface area contributed by atoms with Crippen molar-refractivity contribution in [3.05, 3.63) is 36.0 Å². The van der Waals surface area contributed by atoms with Crippen LogP contribution >= 0.6 is 0 Å². The van der Waals surface area contributed by atoms with Crippen molar-refractivity contribution < 1.29 is 4.79 Å². The number of para-hydroxylation sites is 1. The van der Waals surface area contributed by atoms with Gasteiger partial charge in [0.25, 0.3) is 0 Å². The molecule has 2 fully saturated rings. The maximum atomic E-state index is 12.3. The normalized spacial score (nSPS) is 26.2. The van der Waals surface area contributed by atoms with Crippen LogP contribution in [-0.2, 0) is 4.79 Å². The van der Waals surface area contributed by atoms with Crippen LogP contribution < -0.4 is 0 Å². The Morgan fingerprint density at radius 1 is 1.24 bits per heavy atom. The molecular weight excluding hydrogens is 260 g/mol. The Labute approximate surface area is 125 Å². The fraction of sp³-hybridized carbons (Fsp3) is 0.500. The van der Waals surface area contributed by atoms with Crippen LogP contribution in [0, 0.1) is 11.8 Å². The summed E-state index contributed by atoms with van der Waals surface area (Å²) in [4.78, 5) is 17.9. The van der Waals surface area contributed by atoms with Gasteiger partial charge in [-0.25, -0.2) is 0 Å². The molecule has 1 saturated carbocycles. The van der Waals surface area contributed by atoms with Gasteiger partial charge < -0.3 is 9.88 Å². The van der Waals surface area contributed by atoms with E-state index in [0.29, 0.717) is 23.7 Å². The van der Waals surface area contributed by atoms with Gasteiger partial charge in [0.05, 0.1) is 0 Å². The first-order valence-corrected chi connectivity index (χ1v) is 8.09. The second-order valence-electron chi connectivity index (χ2n) is 6.73. The van der Waals surface area contributed by atoms with E-state index in [1.165, 1.54) is 16.6 Å². The molecule has 3 heteroatoms. The minimum atomic E-state index is 0.328. The quantitative estimate of drug-likeness (QED) is 0.898. The maximum Gasteiger partial charge on any atom is 0.225 e. The zero-order chi connectivity index (χ0) is 14.4. The molecule has 0 radical (unpaired) electrons. The minimum absolute atomic E-state index is 0.328. The summed E-state index contributed by atoms with van der Waals surface area (Å²) in [6.07, 6.45) is 3.26. The van der Waals surface area contributed by atoms with E-state index in [4.69, 9.17) is 0 Å². The molecule has 0 bridgehead atoms. The lowest BCUT2D eigenvalue weighted by molar-refractivity contribution is -0.133. The summed E-state index contributed by atoms with van der Waals surface area (Å²) < 4.78 is 0. The van der Waals surface area contributed by atoms with E-state index in [-0.39, 0.29) is 0 Å². The van der Waals surface area contributed by atoms with Gasteiger partial charge in [-0.1, -0.05) is 25.1 Å². The van der Waals surface area contributed by atoms with Gasteiger partial charge in [0.15, 0.2) is 0 Å². The molecule has 1 aromatic carbocycles. The van der Waals surface area contributed by atoms with Crippen LogP contribution in [0.25, 0.3) is 10.9 Å². The Balaban J connectivity index is 1.43. The fourth-order valence-electron chi connectivity index (χ4n) is 3.63. The highest BCUT2D eigenvalue weighted by Gasteiger charge is 2.42. The third-order valence-corrected chi connectivity index (χ3v) is 5.22. The van der Waals surface area contributed by atoms with Crippen LogP contribution in [-0.4, -0.2) is 28.9 Å². The van der Waals surface area contributed by atoms with Crippen molar-refractivity contribution in [1.82, 2.24) is 9.88 Å². The molecule has 21 heavy (non-hydrogen) atoms. The number of H-pyrrole nitrogens is 1. The van der Waals surface area contributed by atoms with Gasteiger partial charge in [-0.2, -0.15) is 0 Å². The van der Waals surface area contributed by atoms with Gasteiger partial charge in [-0.05, 0) is 42.7 Å². The average Bonchev–Trinajstić information content (AvgIpc) is 3.09. The number of carbonyl (C=O) groups excluding carboxylic acids is 1. The maximum absolute atomic E-state index is 12.3. The van der Waals surface area contributed by atoms with E-state index in [1.807, 2.05) is 0 Å². The molecule has 2 atom stereocenters. The second kappa shape index (κ2) is 4.90. The van der Waals surface area contributed by atoms with Gasteiger partial charge in [-0.3, -0.25) is 4.79 Å². The van der Waals surface area contributed by atoms with Crippen molar-refractivity contribution in [2.75, 3.05) is 13.1 Å². The van der Waals surface area contributed by atoms with Crippen LogP contribution in [0.3, 0.4) is 0 Å². The first kappa shape index (κ1) is 12.9. The summed E-state index contributed by atoms with van der Waals surface area (Å²) in [6.45, 7) is 4.02. The van der Waals surface area contributed by atoms with Gasteiger partial charge in [0.1, 0.15) is 0 Å². The topological polar surface area (TPSA) is 36.1 Å². The van der Waals surface area contributed by atoms with Gasteiger partial charge >= 0.3 is 0 Å². The smallest absolute Gasteiger partial charge is 0.225 e. The molecule has 1 N–H and O–H groups in total. The summed E-state index contributed by atoms with van der Waals surface area (Å²) >= 11 is 0. The lowest BCUT2D eigenvalue weighted by Crippen LogP contribution is -2.39. The summed E-state index contributed by atoms with van der Waals surface area (Å²) in [6, 6.07) is 10.7. The summed E-state index contributed by atoms with van der Waals surface area (Å²) in [5.74, 6) is 1.91. The van der Waals surface area contributed by atoms with E-state index in [1.54, 1.807) is 0 Å². The molecule has 110 valence electrons. The Morgan fingerprint density at radius 2 is 1.95 bits per heavy atom. The van der Waals surface area contributed by atoms with Crippen LogP contribution in [0.2, 0.25) is 0 Å². The van der Waals surface area contributed by atoms with E-state index >= 15 is 0 Å². The Hall–Kier alpha value is -1.77. The number of likely N-dealkylation sites (tertiary alicyclic amines) is 1. The number of benzene rings is 1.